The van der Waals surface area contributed by atoms with E-state index in [-0.39, 0.29) is 11.8 Å². The fourth-order valence-electron chi connectivity index (χ4n) is 2.19. The minimum Gasteiger partial charge on any atom is -0.489 e. The van der Waals surface area contributed by atoms with E-state index in [1.54, 1.807) is 0 Å². The first-order valence-electron chi connectivity index (χ1n) is 7.30. The van der Waals surface area contributed by atoms with Crippen LogP contribution in [-0.4, -0.2) is 5.91 Å². The van der Waals surface area contributed by atoms with Crippen molar-refractivity contribution in [3.63, 3.8) is 0 Å². The molecule has 0 aliphatic heterocycles. The average Bonchev–Trinajstić information content (AvgIpc) is 3.31. The van der Waals surface area contributed by atoms with Gasteiger partial charge in [-0.3, -0.25) is 4.79 Å². The van der Waals surface area contributed by atoms with Gasteiger partial charge in [-0.05, 0) is 49.6 Å². The van der Waals surface area contributed by atoms with Crippen LogP contribution in [0.3, 0.4) is 0 Å². The lowest BCUT2D eigenvalue weighted by Crippen LogP contribution is -2.13. The van der Waals surface area contributed by atoms with Gasteiger partial charge in [-0.2, -0.15) is 0 Å². The fraction of sp³-hybridized carbons (Fsp3) is 0.278. The van der Waals surface area contributed by atoms with Crippen molar-refractivity contribution in [2.24, 2.45) is 5.92 Å². The van der Waals surface area contributed by atoms with Crippen molar-refractivity contribution in [2.75, 3.05) is 5.32 Å². The predicted molar refractivity (Wildman–Crippen MR) is 83.3 cm³/mol. The molecule has 0 radical (unpaired) electrons. The summed E-state index contributed by atoms with van der Waals surface area (Å²) in [5, 5.41) is 2.92. The molecule has 2 aromatic rings. The number of carbonyl (C=O) groups excluding carboxylic acids is 1. The van der Waals surface area contributed by atoms with Crippen LogP contribution in [0.2, 0.25) is 0 Å². The zero-order valence-electron chi connectivity index (χ0n) is 12.1. The van der Waals surface area contributed by atoms with Gasteiger partial charge in [0.25, 0.3) is 0 Å². The number of aryl methyl sites for hydroxylation is 1. The quantitative estimate of drug-likeness (QED) is 0.902. The Morgan fingerprint density at radius 2 is 1.95 bits per heavy atom. The number of amides is 1. The number of hydrogen-bond acceptors (Lipinski definition) is 2. The van der Waals surface area contributed by atoms with Gasteiger partial charge in [0.1, 0.15) is 12.4 Å². The van der Waals surface area contributed by atoms with Gasteiger partial charge in [-0.1, -0.05) is 29.8 Å². The van der Waals surface area contributed by atoms with Gasteiger partial charge in [-0.15, -0.1) is 0 Å². The minimum atomic E-state index is 0.128. The summed E-state index contributed by atoms with van der Waals surface area (Å²) in [5.74, 6) is 1.16. The van der Waals surface area contributed by atoms with Crippen LogP contribution in [-0.2, 0) is 11.4 Å². The Balaban J connectivity index is 1.55. The van der Waals surface area contributed by atoms with Crippen molar-refractivity contribution in [3.05, 3.63) is 59.7 Å². The van der Waals surface area contributed by atoms with Crippen molar-refractivity contribution in [1.82, 2.24) is 0 Å². The lowest BCUT2D eigenvalue weighted by atomic mass is 10.1. The molecule has 1 fully saturated rings. The van der Waals surface area contributed by atoms with E-state index in [0.717, 1.165) is 29.8 Å². The van der Waals surface area contributed by atoms with Crippen LogP contribution < -0.4 is 10.1 Å². The molecule has 1 aliphatic carbocycles. The Kier molecular flexibility index (Phi) is 3.91. The highest BCUT2D eigenvalue weighted by molar-refractivity contribution is 5.94. The molecule has 3 nitrogen and oxygen atoms in total. The number of ether oxygens (including phenoxy) is 1. The molecule has 0 saturated heterocycles. The highest BCUT2D eigenvalue weighted by atomic mass is 16.5. The molecule has 3 heteroatoms. The van der Waals surface area contributed by atoms with Crippen molar-refractivity contribution in [3.8, 4) is 5.75 Å². The third kappa shape index (κ3) is 3.85. The molecule has 1 aliphatic rings. The second-order valence-electron chi connectivity index (χ2n) is 5.57. The second kappa shape index (κ2) is 6.00. The first-order chi connectivity index (χ1) is 10.2. The molecule has 0 atom stereocenters. The number of carbonyl (C=O) groups is 1. The van der Waals surface area contributed by atoms with Crippen LogP contribution in [0, 0.1) is 12.8 Å². The van der Waals surface area contributed by atoms with Gasteiger partial charge >= 0.3 is 0 Å². The number of anilines is 1. The zero-order valence-corrected chi connectivity index (χ0v) is 12.1. The lowest BCUT2D eigenvalue weighted by Gasteiger charge is -2.08. The summed E-state index contributed by atoms with van der Waals surface area (Å²) in [5.41, 5.74) is 3.21. The Labute approximate surface area is 124 Å². The third-order valence-corrected chi connectivity index (χ3v) is 3.56. The van der Waals surface area contributed by atoms with Gasteiger partial charge in [0, 0.05) is 11.6 Å². The van der Waals surface area contributed by atoms with E-state index < -0.39 is 0 Å². The SMILES string of the molecule is Cc1cccc(COc2ccc(NC(=O)C3CC3)cc2)c1. The monoisotopic (exact) mass is 281 g/mol. The van der Waals surface area contributed by atoms with Gasteiger partial charge < -0.3 is 10.1 Å². The molecule has 0 spiro atoms. The summed E-state index contributed by atoms with van der Waals surface area (Å²) in [4.78, 5) is 11.7. The number of hydrogen-bond donors (Lipinski definition) is 1. The van der Waals surface area contributed by atoms with E-state index in [1.807, 2.05) is 30.3 Å². The van der Waals surface area contributed by atoms with Gasteiger partial charge in [0.05, 0.1) is 0 Å². The van der Waals surface area contributed by atoms with E-state index in [0.29, 0.717) is 6.61 Å². The number of rotatable bonds is 5. The van der Waals surface area contributed by atoms with Crippen molar-refractivity contribution >= 4 is 11.6 Å². The van der Waals surface area contributed by atoms with Crippen molar-refractivity contribution < 1.29 is 9.53 Å². The van der Waals surface area contributed by atoms with Crippen LogP contribution in [0.5, 0.6) is 5.75 Å². The van der Waals surface area contributed by atoms with E-state index in [9.17, 15) is 4.79 Å². The van der Waals surface area contributed by atoms with Crippen molar-refractivity contribution in [1.29, 1.82) is 0 Å². The number of nitrogens with one attached hydrogen (secondary N) is 1. The summed E-state index contributed by atoms with van der Waals surface area (Å²) < 4.78 is 5.75. The third-order valence-electron chi connectivity index (χ3n) is 3.56. The predicted octanol–water partition coefficient (Wildman–Crippen LogP) is 3.92. The maximum Gasteiger partial charge on any atom is 0.227 e. The summed E-state index contributed by atoms with van der Waals surface area (Å²) >= 11 is 0. The Morgan fingerprint density at radius 1 is 1.19 bits per heavy atom. The van der Waals surface area contributed by atoms with E-state index in [4.69, 9.17) is 4.74 Å². The van der Waals surface area contributed by atoms with Crippen LogP contribution >= 0.6 is 0 Å². The Hall–Kier alpha value is -2.29. The first-order valence-corrected chi connectivity index (χ1v) is 7.30. The van der Waals surface area contributed by atoms with Crippen LogP contribution in [0.15, 0.2) is 48.5 Å². The molecule has 21 heavy (non-hydrogen) atoms. The largest absolute Gasteiger partial charge is 0.489 e. The van der Waals surface area contributed by atoms with E-state index >= 15 is 0 Å². The molecule has 0 unspecified atom stereocenters. The van der Waals surface area contributed by atoms with Crippen molar-refractivity contribution in [2.45, 2.75) is 26.4 Å². The minimum absolute atomic E-state index is 0.128. The zero-order chi connectivity index (χ0) is 14.7. The average molecular weight is 281 g/mol. The standard InChI is InChI=1S/C18H19NO2/c1-13-3-2-4-14(11-13)12-21-17-9-7-16(8-10-17)19-18(20)15-5-6-15/h2-4,7-11,15H,5-6,12H2,1H3,(H,19,20). The Bertz CT molecular complexity index is 630. The van der Waals surface area contributed by atoms with Crippen LogP contribution in [0.25, 0.3) is 0 Å². The molecule has 1 N–H and O–H groups in total. The molecule has 108 valence electrons. The molecule has 2 aromatic carbocycles. The molecule has 0 aromatic heterocycles. The second-order valence-corrected chi connectivity index (χ2v) is 5.57. The lowest BCUT2D eigenvalue weighted by molar-refractivity contribution is -0.117. The smallest absolute Gasteiger partial charge is 0.227 e. The summed E-state index contributed by atoms with van der Waals surface area (Å²) in [6, 6.07) is 15.8. The van der Waals surface area contributed by atoms with Crippen LogP contribution in [0.1, 0.15) is 24.0 Å². The summed E-state index contributed by atoms with van der Waals surface area (Å²) in [6.45, 7) is 2.62. The molecule has 3 rings (SSSR count). The number of benzene rings is 2. The summed E-state index contributed by atoms with van der Waals surface area (Å²) in [6.07, 6.45) is 2.03. The molecule has 1 amide bonds. The highest BCUT2D eigenvalue weighted by Gasteiger charge is 2.29. The molecular formula is C18H19NO2. The Morgan fingerprint density at radius 3 is 2.62 bits per heavy atom. The first kappa shape index (κ1) is 13.7. The molecule has 0 heterocycles. The normalized spacial score (nSPS) is 13.8. The van der Waals surface area contributed by atoms with Crippen LogP contribution in [0.4, 0.5) is 5.69 Å². The maximum absolute atomic E-state index is 11.7. The molecule has 1 saturated carbocycles. The topological polar surface area (TPSA) is 38.3 Å². The van der Waals surface area contributed by atoms with Gasteiger partial charge in [-0.25, -0.2) is 0 Å². The van der Waals surface area contributed by atoms with E-state index in [2.05, 4.69) is 30.4 Å². The van der Waals surface area contributed by atoms with Gasteiger partial charge in [0.15, 0.2) is 0 Å². The van der Waals surface area contributed by atoms with Gasteiger partial charge in [0.2, 0.25) is 5.91 Å². The van der Waals surface area contributed by atoms with E-state index in [1.165, 1.54) is 5.56 Å². The highest BCUT2D eigenvalue weighted by Crippen LogP contribution is 2.30. The fourth-order valence-corrected chi connectivity index (χ4v) is 2.19. The molecule has 0 bridgehead atoms. The molecular weight excluding hydrogens is 262 g/mol. The summed E-state index contributed by atoms with van der Waals surface area (Å²) in [7, 11) is 0. The maximum atomic E-state index is 11.7.